The van der Waals surface area contributed by atoms with E-state index in [1.807, 2.05) is 6.92 Å². The highest BCUT2D eigenvalue weighted by Gasteiger charge is 2.46. The molecule has 0 N–H and O–H groups in total. The largest absolute Gasteiger partial charge is 0.381 e. The van der Waals surface area contributed by atoms with Crippen LogP contribution in [-0.2, 0) is 4.74 Å². The molecule has 2 aliphatic heterocycles. The van der Waals surface area contributed by atoms with Crippen LogP contribution in [0.5, 0.6) is 0 Å². The predicted octanol–water partition coefficient (Wildman–Crippen LogP) is 2.24. The molecule has 1 spiro atoms. The molecule has 0 amide bonds. The van der Waals surface area contributed by atoms with Crippen LogP contribution in [0.4, 0.5) is 5.13 Å². The van der Waals surface area contributed by atoms with Gasteiger partial charge in [0, 0.05) is 25.8 Å². The summed E-state index contributed by atoms with van der Waals surface area (Å²) in [6.07, 6.45) is 3.67. The minimum absolute atomic E-state index is 0.456. The van der Waals surface area contributed by atoms with Gasteiger partial charge in [0.05, 0.1) is 0 Å². The Balaban J connectivity index is 1.81. The first-order valence-electron chi connectivity index (χ1n) is 6.36. The van der Waals surface area contributed by atoms with E-state index in [0.717, 1.165) is 29.9 Å². The maximum absolute atomic E-state index is 5.51. The van der Waals surface area contributed by atoms with Crippen LogP contribution in [0.2, 0.25) is 0 Å². The molecule has 17 heavy (non-hydrogen) atoms. The molecule has 2 saturated heterocycles. The molecular weight excluding hydrogens is 234 g/mol. The first-order valence-corrected chi connectivity index (χ1v) is 7.17. The summed E-state index contributed by atoms with van der Waals surface area (Å²) < 4.78 is 5.51. The van der Waals surface area contributed by atoms with Crippen LogP contribution in [0, 0.1) is 12.3 Å². The van der Waals surface area contributed by atoms with Crippen molar-refractivity contribution in [1.82, 2.24) is 10.2 Å². The van der Waals surface area contributed by atoms with Crippen molar-refractivity contribution in [3.05, 3.63) is 5.01 Å². The lowest BCUT2D eigenvalue weighted by molar-refractivity contribution is 0.0128. The van der Waals surface area contributed by atoms with Gasteiger partial charge in [-0.3, -0.25) is 0 Å². The van der Waals surface area contributed by atoms with Crippen LogP contribution in [0.15, 0.2) is 0 Å². The van der Waals surface area contributed by atoms with Gasteiger partial charge in [-0.1, -0.05) is 11.3 Å². The van der Waals surface area contributed by atoms with Gasteiger partial charge in [0.2, 0.25) is 5.13 Å². The molecule has 94 valence electrons. The number of aromatic nitrogens is 2. The van der Waals surface area contributed by atoms with E-state index in [1.165, 1.54) is 19.3 Å². The highest BCUT2D eigenvalue weighted by Crippen LogP contribution is 2.46. The first kappa shape index (κ1) is 11.4. The minimum Gasteiger partial charge on any atom is -0.381 e. The van der Waals surface area contributed by atoms with E-state index in [1.54, 1.807) is 11.3 Å². The molecule has 4 nitrogen and oxygen atoms in total. The Hall–Kier alpha value is -0.680. The fourth-order valence-electron chi connectivity index (χ4n) is 3.19. The number of nitrogens with zero attached hydrogens (tertiary/aromatic N) is 3. The third kappa shape index (κ3) is 1.85. The molecule has 0 aliphatic carbocycles. The second-order valence-electron chi connectivity index (χ2n) is 5.20. The van der Waals surface area contributed by atoms with Crippen LogP contribution < -0.4 is 4.90 Å². The van der Waals surface area contributed by atoms with Crippen LogP contribution in [-0.4, -0.2) is 36.0 Å². The number of hydrogen-bond donors (Lipinski definition) is 0. The maximum Gasteiger partial charge on any atom is 0.208 e. The molecule has 5 heteroatoms. The summed E-state index contributed by atoms with van der Waals surface area (Å²) >= 11 is 1.71. The fourth-order valence-corrected chi connectivity index (χ4v) is 3.98. The maximum atomic E-state index is 5.51. The lowest BCUT2D eigenvalue weighted by Gasteiger charge is -2.38. The first-order chi connectivity index (χ1) is 8.21. The Bertz CT molecular complexity index is 400. The van der Waals surface area contributed by atoms with E-state index in [2.05, 4.69) is 22.0 Å². The number of aryl methyl sites for hydroxylation is 1. The lowest BCUT2D eigenvalue weighted by Crippen LogP contribution is -2.41. The average Bonchev–Trinajstić information content (AvgIpc) is 2.88. The van der Waals surface area contributed by atoms with Crippen LogP contribution in [0.3, 0.4) is 0 Å². The van der Waals surface area contributed by atoms with Crippen molar-refractivity contribution in [2.45, 2.75) is 39.2 Å². The summed E-state index contributed by atoms with van der Waals surface area (Å²) in [4.78, 5) is 2.44. The van der Waals surface area contributed by atoms with Gasteiger partial charge in [-0.15, -0.1) is 10.2 Å². The van der Waals surface area contributed by atoms with Crippen molar-refractivity contribution in [3.8, 4) is 0 Å². The van der Waals surface area contributed by atoms with Crippen molar-refractivity contribution in [2.75, 3.05) is 24.7 Å². The molecule has 1 aromatic heterocycles. The van der Waals surface area contributed by atoms with Gasteiger partial charge in [0.1, 0.15) is 5.01 Å². The topological polar surface area (TPSA) is 38.2 Å². The van der Waals surface area contributed by atoms with Crippen LogP contribution in [0.25, 0.3) is 0 Å². The second-order valence-corrected chi connectivity index (χ2v) is 6.36. The monoisotopic (exact) mass is 253 g/mol. The summed E-state index contributed by atoms with van der Waals surface area (Å²) in [5.74, 6) is 0. The van der Waals surface area contributed by atoms with Crippen molar-refractivity contribution in [3.63, 3.8) is 0 Å². The Morgan fingerprint density at radius 2 is 2.06 bits per heavy atom. The molecule has 0 saturated carbocycles. The van der Waals surface area contributed by atoms with E-state index in [4.69, 9.17) is 4.74 Å². The number of anilines is 1. The normalized spacial score (nSPS) is 27.9. The third-order valence-electron chi connectivity index (χ3n) is 4.45. The number of rotatable bonds is 1. The fraction of sp³-hybridized carbons (Fsp3) is 0.833. The Morgan fingerprint density at radius 3 is 2.71 bits per heavy atom. The molecular formula is C12H19N3OS. The third-order valence-corrected chi connectivity index (χ3v) is 5.33. The van der Waals surface area contributed by atoms with Gasteiger partial charge >= 0.3 is 0 Å². The van der Waals surface area contributed by atoms with Gasteiger partial charge in [-0.05, 0) is 38.5 Å². The smallest absolute Gasteiger partial charge is 0.208 e. The summed E-state index contributed by atoms with van der Waals surface area (Å²) in [5.41, 5.74) is 0.456. The molecule has 3 heterocycles. The van der Waals surface area contributed by atoms with Gasteiger partial charge in [0.15, 0.2) is 0 Å². The van der Waals surface area contributed by atoms with E-state index in [9.17, 15) is 0 Å². The van der Waals surface area contributed by atoms with Gasteiger partial charge < -0.3 is 9.64 Å². The zero-order valence-corrected chi connectivity index (χ0v) is 11.3. The second kappa shape index (κ2) is 4.21. The predicted molar refractivity (Wildman–Crippen MR) is 68.6 cm³/mol. The molecule has 0 unspecified atom stereocenters. The van der Waals surface area contributed by atoms with Crippen LogP contribution in [0.1, 0.15) is 31.2 Å². The summed E-state index contributed by atoms with van der Waals surface area (Å²) in [7, 11) is 0. The highest BCUT2D eigenvalue weighted by atomic mass is 32.1. The summed E-state index contributed by atoms with van der Waals surface area (Å²) in [6.45, 7) is 7.33. The van der Waals surface area contributed by atoms with E-state index in [0.29, 0.717) is 11.5 Å². The van der Waals surface area contributed by atoms with E-state index in [-0.39, 0.29) is 0 Å². The zero-order valence-electron chi connectivity index (χ0n) is 10.5. The minimum atomic E-state index is 0.456. The molecule has 0 radical (unpaired) electrons. The number of hydrogen-bond acceptors (Lipinski definition) is 5. The SMILES string of the molecule is Cc1nnc(N2CCC3(CCOCC3)[C@H]2C)s1. The van der Waals surface area contributed by atoms with E-state index >= 15 is 0 Å². The number of ether oxygens (including phenoxy) is 1. The standard InChI is InChI=1S/C12H19N3OS/c1-9-12(4-7-16-8-5-12)3-6-15(9)11-14-13-10(2)17-11/h9H,3-8H2,1-2H3/t9-/m1/s1. The highest BCUT2D eigenvalue weighted by molar-refractivity contribution is 7.15. The quantitative estimate of drug-likeness (QED) is 0.769. The molecule has 3 rings (SSSR count). The lowest BCUT2D eigenvalue weighted by atomic mass is 9.74. The van der Waals surface area contributed by atoms with Crippen molar-refractivity contribution in [1.29, 1.82) is 0 Å². The Labute approximate surface area is 106 Å². The molecule has 2 fully saturated rings. The zero-order chi connectivity index (χ0) is 11.9. The van der Waals surface area contributed by atoms with Gasteiger partial charge in [-0.25, -0.2) is 0 Å². The van der Waals surface area contributed by atoms with Crippen molar-refractivity contribution < 1.29 is 4.74 Å². The van der Waals surface area contributed by atoms with Gasteiger partial charge in [-0.2, -0.15) is 0 Å². The summed E-state index contributed by atoms with van der Waals surface area (Å²) in [5, 5.41) is 10.6. The summed E-state index contributed by atoms with van der Waals surface area (Å²) in [6, 6.07) is 0.568. The Kier molecular flexibility index (Phi) is 2.83. The average molecular weight is 253 g/mol. The molecule has 0 bridgehead atoms. The molecule has 1 atom stereocenters. The van der Waals surface area contributed by atoms with Gasteiger partial charge in [0.25, 0.3) is 0 Å². The van der Waals surface area contributed by atoms with Crippen molar-refractivity contribution in [2.24, 2.45) is 5.41 Å². The molecule has 1 aromatic rings. The van der Waals surface area contributed by atoms with Crippen molar-refractivity contribution >= 4 is 16.5 Å². The molecule has 0 aromatic carbocycles. The van der Waals surface area contributed by atoms with Crippen LogP contribution >= 0.6 is 11.3 Å². The van der Waals surface area contributed by atoms with E-state index < -0.39 is 0 Å². The Morgan fingerprint density at radius 1 is 1.29 bits per heavy atom. The molecule has 2 aliphatic rings.